The minimum atomic E-state index is -0.532. The summed E-state index contributed by atoms with van der Waals surface area (Å²) in [7, 11) is 1.35. The van der Waals surface area contributed by atoms with Gasteiger partial charge in [-0.05, 0) is 19.3 Å². The number of nitrogens with two attached hydrogens (primary N) is 1. The monoisotopic (exact) mass is 219 g/mol. The highest BCUT2D eigenvalue weighted by Gasteiger charge is 2.19. The molecule has 0 amide bonds. The van der Waals surface area contributed by atoms with E-state index in [1.54, 1.807) is 11.8 Å². The molecular weight excluding hydrogens is 202 g/mol. The number of methoxy groups -OCH3 is 1. The first-order valence-electron chi connectivity index (χ1n) is 4.80. The summed E-state index contributed by atoms with van der Waals surface area (Å²) in [4.78, 5) is 11.0. The van der Waals surface area contributed by atoms with Crippen molar-refractivity contribution in [3.63, 3.8) is 0 Å². The smallest absolute Gasteiger partial charge is 0.323 e. The molecule has 1 rings (SSSR count). The molecule has 5 heteroatoms. The lowest BCUT2D eigenvalue weighted by Gasteiger charge is -2.22. The Morgan fingerprint density at radius 2 is 2.50 bits per heavy atom. The van der Waals surface area contributed by atoms with Crippen molar-refractivity contribution < 1.29 is 14.3 Å². The van der Waals surface area contributed by atoms with Gasteiger partial charge in [0.1, 0.15) is 11.5 Å². The van der Waals surface area contributed by atoms with E-state index in [2.05, 4.69) is 4.74 Å². The molecule has 0 unspecified atom stereocenters. The molecule has 14 heavy (non-hydrogen) atoms. The number of hydrogen-bond donors (Lipinski definition) is 1. The minimum absolute atomic E-state index is 0.208. The van der Waals surface area contributed by atoms with E-state index in [0.717, 1.165) is 19.4 Å². The van der Waals surface area contributed by atoms with Crippen molar-refractivity contribution in [1.82, 2.24) is 0 Å². The Kier molecular flexibility index (Phi) is 5.29. The zero-order valence-corrected chi connectivity index (χ0v) is 9.22. The van der Waals surface area contributed by atoms with E-state index in [1.165, 1.54) is 13.5 Å². The van der Waals surface area contributed by atoms with Crippen molar-refractivity contribution in [3.8, 4) is 0 Å². The van der Waals surface area contributed by atoms with Gasteiger partial charge >= 0.3 is 5.97 Å². The Balaban J connectivity index is 2.15. The minimum Gasteiger partial charge on any atom is -0.468 e. The Hall–Kier alpha value is -0.260. The van der Waals surface area contributed by atoms with Gasteiger partial charge < -0.3 is 15.2 Å². The van der Waals surface area contributed by atoms with Crippen molar-refractivity contribution >= 4 is 17.7 Å². The van der Waals surface area contributed by atoms with Crippen LogP contribution >= 0.6 is 11.8 Å². The first-order valence-corrected chi connectivity index (χ1v) is 5.85. The van der Waals surface area contributed by atoms with Crippen LogP contribution in [0.15, 0.2) is 0 Å². The van der Waals surface area contributed by atoms with Crippen LogP contribution in [0.25, 0.3) is 0 Å². The van der Waals surface area contributed by atoms with Crippen LogP contribution in [0.2, 0.25) is 0 Å². The Morgan fingerprint density at radius 3 is 3.07 bits per heavy atom. The van der Waals surface area contributed by atoms with Crippen LogP contribution in [0.1, 0.15) is 19.3 Å². The normalized spacial score (nSPS) is 24.3. The first kappa shape index (κ1) is 11.8. The average molecular weight is 219 g/mol. The number of hydrogen-bond acceptors (Lipinski definition) is 5. The van der Waals surface area contributed by atoms with Crippen LogP contribution in [-0.2, 0) is 14.3 Å². The van der Waals surface area contributed by atoms with Gasteiger partial charge in [0.05, 0.1) is 7.11 Å². The third-order valence-electron chi connectivity index (χ3n) is 2.10. The zero-order chi connectivity index (χ0) is 10.4. The maximum atomic E-state index is 11.0. The van der Waals surface area contributed by atoms with E-state index in [9.17, 15) is 4.79 Å². The summed E-state index contributed by atoms with van der Waals surface area (Å²) in [6.07, 6.45) is 3.39. The highest BCUT2D eigenvalue weighted by Crippen LogP contribution is 2.23. The molecule has 0 aromatic rings. The van der Waals surface area contributed by atoms with Gasteiger partial charge in [0.25, 0.3) is 0 Å². The molecule has 1 fully saturated rings. The number of esters is 1. The second-order valence-electron chi connectivity index (χ2n) is 3.26. The predicted octanol–water partition coefficient (Wildman–Crippen LogP) is 0.746. The molecule has 0 aromatic carbocycles. The van der Waals surface area contributed by atoms with Gasteiger partial charge in [-0.3, -0.25) is 4.79 Å². The van der Waals surface area contributed by atoms with Gasteiger partial charge in [-0.1, -0.05) is 0 Å². The SMILES string of the molecule is COC(=O)[C@@H](N)CS[C@H]1CCCCO1. The molecule has 1 aliphatic heterocycles. The van der Waals surface area contributed by atoms with Crippen LogP contribution < -0.4 is 5.73 Å². The molecular formula is C9H17NO3S. The second-order valence-corrected chi connectivity index (χ2v) is 4.45. The number of carbonyl (C=O) groups is 1. The third-order valence-corrected chi connectivity index (χ3v) is 3.40. The van der Waals surface area contributed by atoms with Crippen LogP contribution in [0.3, 0.4) is 0 Å². The van der Waals surface area contributed by atoms with Crippen molar-refractivity contribution in [2.75, 3.05) is 19.5 Å². The molecule has 82 valence electrons. The standard InChI is InChI=1S/C9H17NO3S/c1-12-9(11)7(10)6-14-8-4-2-3-5-13-8/h7-8H,2-6,10H2,1H3/t7-,8-/m0/s1. The molecule has 0 aliphatic carbocycles. The lowest BCUT2D eigenvalue weighted by Crippen LogP contribution is -2.35. The fourth-order valence-electron chi connectivity index (χ4n) is 1.27. The lowest BCUT2D eigenvalue weighted by atomic mass is 10.2. The second kappa shape index (κ2) is 6.27. The quantitative estimate of drug-likeness (QED) is 0.707. The Morgan fingerprint density at radius 1 is 1.71 bits per heavy atom. The van der Waals surface area contributed by atoms with E-state index in [1.807, 2.05) is 0 Å². The fraction of sp³-hybridized carbons (Fsp3) is 0.889. The molecule has 1 aliphatic rings. The molecule has 0 saturated carbocycles. The highest BCUT2D eigenvalue weighted by molar-refractivity contribution is 7.99. The maximum Gasteiger partial charge on any atom is 0.323 e. The van der Waals surface area contributed by atoms with Gasteiger partial charge in [0.2, 0.25) is 0 Å². The molecule has 0 radical (unpaired) electrons. The average Bonchev–Trinajstić information content (AvgIpc) is 2.26. The highest BCUT2D eigenvalue weighted by atomic mass is 32.2. The molecule has 0 spiro atoms. The maximum absolute atomic E-state index is 11.0. The summed E-state index contributed by atoms with van der Waals surface area (Å²) in [5.41, 5.74) is 5.80. The lowest BCUT2D eigenvalue weighted by molar-refractivity contribution is -0.141. The molecule has 1 heterocycles. The number of ether oxygens (including phenoxy) is 2. The van der Waals surface area contributed by atoms with Crippen LogP contribution in [0, 0.1) is 0 Å². The third kappa shape index (κ3) is 3.86. The Bertz CT molecular complexity index is 183. The van der Waals surface area contributed by atoms with Crippen molar-refractivity contribution in [1.29, 1.82) is 0 Å². The molecule has 2 atom stereocenters. The summed E-state index contributed by atoms with van der Waals surface area (Å²) in [6, 6.07) is -0.532. The predicted molar refractivity (Wildman–Crippen MR) is 56.0 cm³/mol. The van der Waals surface area contributed by atoms with Gasteiger partial charge in [0.15, 0.2) is 0 Å². The van der Waals surface area contributed by atoms with Crippen LogP contribution in [-0.4, -0.2) is 36.9 Å². The van der Waals surface area contributed by atoms with E-state index in [0.29, 0.717) is 5.75 Å². The summed E-state index contributed by atoms with van der Waals surface area (Å²) < 4.78 is 10.0. The molecule has 4 nitrogen and oxygen atoms in total. The number of thioether (sulfide) groups is 1. The summed E-state index contributed by atoms with van der Waals surface area (Å²) >= 11 is 1.60. The number of carbonyl (C=O) groups excluding carboxylic acids is 1. The zero-order valence-electron chi connectivity index (χ0n) is 8.40. The number of rotatable bonds is 4. The van der Waals surface area contributed by atoms with Crippen molar-refractivity contribution in [2.45, 2.75) is 30.7 Å². The van der Waals surface area contributed by atoms with Gasteiger partial charge in [-0.15, -0.1) is 11.8 Å². The van der Waals surface area contributed by atoms with Gasteiger partial charge in [-0.2, -0.15) is 0 Å². The van der Waals surface area contributed by atoms with Gasteiger partial charge in [0, 0.05) is 12.4 Å². The summed E-state index contributed by atoms with van der Waals surface area (Å²) in [6.45, 7) is 0.825. The largest absolute Gasteiger partial charge is 0.468 e. The van der Waals surface area contributed by atoms with Crippen molar-refractivity contribution in [2.24, 2.45) is 5.73 Å². The van der Waals surface area contributed by atoms with Crippen LogP contribution in [0.5, 0.6) is 0 Å². The molecule has 0 aromatic heterocycles. The molecule has 0 bridgehead atoms. The van der Waals surface area contributed by atoms with Gasteiger partial charge in [-0.25, -0.2) is 0 Å². The summed E-state index contributed by atoms with van der Waals surface area (Å²) in [5.74, 6) is 0.213. The van der Waals surface area contributed by atoms with E-state index >= 15 is 0 Å². The van der Waals surface area contributed by atoms with E-state index in [4.69, 9.17) is 10.5 Å². The summed E-state index contributed by atoms with van der Waals surface area (Å²) in [5, 5.41) is 0. The van der Waals surface area contributed by atoms with E-state index in [-0.39, 0.29) is 11.4 Å². The molecule has 1 saturated heterocycles. The van der Waals surface area contributed by atoms with E-state index < -0.39 is 6.04 Å². The fourth-order valence-corrected chi connectivity index (χ4v) is 2.36. The van der Waals surface area contributed by atoms with Crippen molar-refractivity contribution in [3.05, 3.63) is 0 Å². The Labute approximate surface area is 88.5 Å². The molecule has 2 N–H and O–H groups in total. The first-order chi connectivity index (χ1) is 6.74. The van der Waals surface area contributed by atoms with Crippen LogP contribution in [0.4, 0.5) is 0 Å². The topological polar surface area (TPSA) is 61.5 Å².